The van der Waals surface area contributed by atoms with Crippen molar-refractivity contribution >= 4 is 11.8 Å². The van der Waals surface area contributed by atoms with E-state index in [2.05, 4.69) is 0 Å². The van der Waals surface area contributed by atoms with Crippen LogP contribution in [0.1, 0.15) is 42.6 Å². The third kappa shape index (κ3) is 4.11. The predicted octanol–water partition coefficient (Wildman–Crippen LogP) is 2.73. The van der Waals surface area contributed by atoms with Gasteiger partial charge in [-0.3, -0.25) is 9.59 Å². The molecule has 1 saturated heterocycles. The van der Waals surface area contributed by atoms with Crippen molar-refractivity contribution in [3.63, 3.8) is 0 Å². The minimum Gasteiger partial charge on any atom is -0.496 e. The van der Waals surface area contributed by atoms with Crippen molar-refractivity contribution in [2.45, 2.75) is 33.6 Å². The van der Waals surface area contributed by atoms with Crippen LogP contribution in [0.25, 0.3) is 0 Å². The molecule has 0 aromatic heterocycles. The van der Waals surface area contributed by atoms with Crippen molar-refractivity contribution in [3.05, 3.63) is 23.3 Å². The molecule has 26 heavy (non-hydrogen) atoms. The molecule has 6 heteroatoms. The number of benzene rings is 1. The van der Waals surface area contributed by atoms with Crippen LogP contribution in [0, 0.1) is 12.8 Å². The van der Waals surface area contributed by atoms with Crippen molar-refractivity contribution in [2.75, 3.05) is 40.4 Å². The first-order chi connectivity index (χ1) is 12.5. The van der Waals surface area contributed by atoms with Crippen molar-refractivity contribution in [1.82, 2.24) is 9.80 Å². The highest BCUT2D eigenvalue weighted by Gasteiger charge is 2.29. The van der Waals surface area contributed by atoms with Crippen LogP contribution in [0.2, 0.25) is 0 Å². The summed E-state index contributed by atoms with van der Waals surface area (Å²) in [6.07, 6.45) is 1.71. The van der Waals surface area contributed by atoms with Gasteiger partial charge in [0.05, 0.1) is 19.8 Å². The number of carbonyl (C=O) groups is 2. The maximum atomic E-state index is 13.0. The van der Waals surface area contributed by atoms with Gasteiger partial charge in [-0.2, -0.15) is 0 Å². The van der Waals surface area contributed by atoms with Gasteiger partial charge < -0.3 is 19.3 Å². The van der Waals surface area contributed by atoms with Crippen LogP contribution < -0.4 is 9.47 Å². The molecule has 1 aliphatic heterocycles. The van der Waals surface area contributed by atoms with E-state index in [4.69, 9.17) is 9.47 Å². The fraction of sp³-hybridized carbons (Fsp3) is 0.600. The molecule has 0 radical (unpaired) electrons. The smallest absolute Gasteiger partial charge is 0.257 e. The monoisotopic (exact) mass is 362 g/mol. The molecule has 1 heterocycles. The molecule has 2 rings (SSSR count). The van der Waals surface area contributed by atoms with Gasteiger partial charge in [0.2, 0.25) is 5.91 Å². The number of nitrogens with zero attached hydrogens (tertiary/aromatic N) is 2. The van der Waals surface area contributed by atoms with Gasteiger partial charge in [0.25, 0.3) is 5.91 Å². The largest absolute Gasteiger partial charge is 0.496 e. The molecule has 0 atom stereocenters. The Hall–Kier alpha value is -2.24. The quantitative estimate of drug-likeness (QED) is 0.781. The Bertz CT molecular complexity index is 647. The summed E-state index contributed by atoms with van der Waals surface area (Å²) in [6, 6.07) is 3.55. The van der Waals surface area contributed by atoms with E-state index in [1.807, 2.05) is 31.7 Å². The Morgan fingerprint density at radius 3 is 2.00 bits per heavy atom. The minimum atomic E-state index is -0.0882. The number of rotatable bonds is 6. The van der Waals surface area contributed by atoms with Crippen LogP contribution in [0.15, 0.2) is 12.1 Å². The lowest BCUT2D eigenvalue weighted by atomic mass is 10.0. The Balaban J connectivity index is 2.10. The first-order valence-corrected chi connectivity index (χ1v) is 9.27. The Labute approximate surface area is 156 Å². The molecule has 1 fully saturated rings. The van der Waals surface area contributed by atoms with E-state index in [-0.39, 0.29) is 17.7 Å². The minimum absolute atomic E-state index is 0.0821. The molecular formula is C20H30N2O4. The molecule has 0 aliphatic carbocycles. The molecule has 0 bridgehead atoms. The summed E-state index contributed by atoms with van der Waals surface area (Å²) in [7, 11) is 3.15. The maximum absolute atomic E-state index is 13.0. The van der Waals surface area contributed by atoms with Gasteiger partial charge in [0.1, 0.15) is 11.5 Å². The number of aryl methyl sites for hydroxylation is 1. The van der Waals surface area contributed by atoms with Gasteiger partial charge in [0.15, 0.2) is 0 Å². The third-order valence-electron chi connectivity index (χ3n) is 5.16. The van der Waals surface area contributed by atoms with Crippen molar-refractivity contribution in [2.24, 2.45) is 5.92 Å². The Kier molecular flexibility index (Phi) is 6.89. The van der Waals surface area contributed by atoms with E-state index >= 15 is 0 Å². The summed E-state index contributed by atoms with van der Waals surface area (Å²) in [4.78, 5) is 29.1. The van der Waals surface area contributed by atoms with Gasteiger partial charge in [-0.05, 0) is 37.5 Å². The first-order valence-electron chi connectivity index (χ1n) is 9.27. The van der Waals surface area contributed by atoms with Gasteiger partial charge in [-0.1, -0.05) is 13.8 Å². The molecule has 6 nitrogen and oxygen atoms in total. The van der Waals surface area contributed by atoms with Crippen LogP contribution in [-0.2, 0) is 4.79 Å². The van der Waals surface area contributed by atoms with E-state index in [9.17, 15) is 9.59 Å². The van der Waals surface area contributed by atoms with E-state index in [1.54, 1.807) is 25.2 Å². The fourth-order valence-corrected chi connectivity index (χ4v) is 3.41. The lowest BCUT2D eigenvalue weighted by Crippen LogP contribution is -2.52. The molecule has 0 N–H and O–H groups in total. The normalized spacial score (nSPS) is 14.5. The molecule has 0 saturated carbocycles. The molecule has 1 aromatic carbocycles. The molecule has 0 unspecified atom stereocenters. The standard InChI is InChI=1S/C20H30N2O4/c1-6-15(7-2)19(23)21-8-10-22(11-9-21)20(24)16-13-17(25-4)14(3)12-18(16)26-5/h12-13,15H,6-11H2,1-5H3. The highest BCUT2D eigenvalue weighted by Crippen LogP contribution is 2.29. The summed E-state index contributed by atoms with van der Waals surface area (Å²) in [5.74, 6) is 1.41. The number of piperazine rings is 1. The van der Waals surface area contributed by atoms with E-state index in [0.717, 1.165) is 18.4 Å². The van der Waals surface area contributed by atoms with Crippen LogP contribution in [0.5, 0.6) is 11.5 Å². The van der Waals surface area contributed by atoms with Crippen LogP contribution >= 0.6 is 0 Å². The first kappa shape index (κ1) is 20.1. The molecule has 1 aromatic rings. The second-order valence-corrected chi connectivity index (χ2v) is 6.65. The van der Waals surface area contributed by atoms with Crippen LogP contribution in [0.4, 0.5) is 0 Å². The molecular weight excluding hydrogens is 332 g/mol. The lowest BCUT2D eigenvalue weighted by Gasteiger charge is -2.36. The molecule has 0 spiro atoms. The number of amides is 2. The predicted molar refractivity (Wildman–Crippen MR) is 101 cm³/mol. The second-order valence-electron chi connectivity index (χ2n) is 6.65. The average molecular weight is 362 g/mol. The highest BCUT2D eigenvalue weighted by atomic mass is 16.5. The lowest BCUT2D eigenvalue weighted by molar-refractivity contribution is -0.137. The van der Waals surface area contributed by atoms with E-state index < -0.39 is 0 Å². The topological polar surface area (TPSA) is 59.1 Å². The fourth-order valence-electron chi connectivity index (χ4n) is 3.41. The zero-order chi connectivity index (χ0) is 19.3. The van der Waals surface area contributed by atoms with Gasteiger partial charge in [0, 0.05) is 32.1 Å². The van der Waals surface area contributed by atoms with Gasteiger partial charge >= 0.3 is 0 Å². The SMILES string of the molecule is CCC(CC)C(=O)N1CCN(C(=O)c2cc(OC)c(C)cc2OC)CC1. The number of carbonyl (C=O) groups excluding carboxylic acids is 2. The Morgan fingerprint density at radius 2 is 1.50 bits per heavy atom. The van der Waals surface area contributed by atoms with Crippen LogP contribution in [0.3, 0.4) is 0 Å². The zero-order valence-electron chi connectivity index (χ0n) is 16.5. The highest BCUT2D eigenvalue weighted by molar-refractivity contribution is 5.97. The summed E-state index contributed by atoms with van der Waals surface area (Å²) < 4.78 is 10.7. The molecule has 1 aliphatic rings. The molecule has 2 amide bonds. The summed E-state index contributed by atoms with van der Waals surface area (Å²) in [5, 5.41) is 0. The Morgan fingerprint density at radius 1 is 0.962 bits per heavy atom. The summed E-state index contributed by atoms with van der Waals surface area (Å²) >= 11 is 0. The number of hydrogen-bond donors (Lipinski definition) is 0. The zero-order valence-corrected chi connectivity index (χ0v) is 16.5. The van der Waals surface area contributed by atoms with Gasteiger partial charge in [-0.15, -0.1) is 0 Å². The second kappa shape index (κ2) is 8.92. The van der Waals surface area contributed by atoms with Crippen molar-refractivity contribution < 1.29 is 19.1 Å². The third-order valence-corrected chi connectivity index (χ3v) is 5.16. The summed E-state index contributed by atoms with van der Waals surface area (Å²) in [6.45, 7) is 8.22. The molecule has 144 valence electrons. The van der Waals surface area contributed by atoms with Crippen LogP contribution in [-0.4, -0.2) is 62.0 Å². The maximum Gasteiger partial charge on any atom is 0.257 e. The van der Waals surface area contributed by atoms with Crippen molar-refractivity contribution in [3.8, 4) is 11.5 Å². The number of methoxy groups -OCH3 is 2. The van der Waals surface area contributed by atoms with E-state index in [1.165, 1.54) is 0 Å². The van der Waals surface area contributed by atoms with E-state index in [0.29, 0.717) is 43.2 Å². The number of ether oxygens (including phenoxy) is 2. The summed E-state index contributed by atoms with van der Waals surface area (Å²) in [5.41, 5.74) is 1.41. The van der Waals surface area contributed by atoms with Gasteiger partial charge in [-0.25, -0.2) is 0 Å². The number of hydrogen-bond acceptors (Lipinski definition) is 4. The van der Waals surface area contributed by atoms with Crippen molar-refractivity contribution in [1.29, 1.82) is 0 Å². The average Bonchev–Trinajstić information content (AvgIpc) is 2.68.